The lowest BCUT2D eigenvalue weighted by molar-refractivity contribution is -0.112. The molecule has 1 heterocycles. The predicted molar refractivity (Wildman–Crippen MR) is 107 cm³/mol. The average molecular weight is 413 g/mol. The van der Waals surface area contributed by atoms with Gasteiger partial charge < -0.3 is 5.32 Å². The highest BCUT2D eigenvalue weighted by Crippen LogP contribution is 2.24. The Kier molecular flexibility index (Phi) is 5.88. The third kappa shape index (κ3) is 4.87. The second-order valence-corrected chi connectivity index (χ2v) is 7.42. The average Bonchev–Trinajstić information content (AvgIpc) is 2.49. The summed E-state index contributed by atoms with van der Waals surface area (Å²) in [7, 11) is 0. The van der Waals surface area contributed by atoms with Crippen molar-refractivity contribution in [1.29, 1.82) is 0 Å². The molecule has 0 radical (unpaired) electrons. The molecular weight excluding hydrogens is 400 g/mol. The maximum atomic E-state index is 12.8. The van der Waals surface area contributed by atoms with Gasteiger partial charge in [0.25, 0.3) is 0 Å². The van der Waals surface area contributed by atoms with Crippen LogP contribution in [0.15, 0.2) is 47.5 Å². The Bertz CT molecular complexity index is 790. The van der Waals surface area contributed by atoms with E-state index in [0.717, 1.165) is 11.1 Å². The first-order chi connectivity index (χ1) is 11.9. The minimum atomic E-state index is -0.0223. The molecule has 3 rings (SSSR count). The number of rotatable bonds is 2. The smallest absolute Gasteiger partial charge is 0.187 e. The Hall–Kier alpha value is -1.29. The van der Waals surface area contributed by atoms with Crippen LogP contribution in [0.5, 0.6) is 0 Å². The van der Waals surface area contributed by atoms with E-state index in [0.29, 0.717) is 44.3 Å². The maximum Gasteiger partial charge on any atom is 0.187 e. The van der Waals surface area contributed by atoms with E-state index in [9.17, 15) is 4.79 Å². The second kappa shape index (κ2) is 7.94. The van der Waals surface area contributed by atoms with E-state index in [2.05, 4.69) is 5.32 Å². The van der Waals surface area contributed by atoms with E-state index in [-0.39, 0.29) is 5.78 Å². The minimum absolute atomic E-state index is 0.0223. The van der Waals surface area contributed by atoms with Crippen molar-refractivity contribution < 1.29 is 4.79 Å². The van der Waals surface area contributed by atoms with Gasteiger partial charge in [-0.2, -0.15) is 0 Å². The van der Waals surface area contributed by atoms with E-state index in [4.69, 9.17) is 46.4 Å². The van der Waals surface area contributed by atoms with E-state index in [1.165, 1.54) is 0 Å². The third-order valence-electron chi connectivity index (χ3n) is 3.67. The largest absolute Gasteiger partial charge is 0.308 e. The fraction of sp³-hybridized carbons (Fsp3) is 0.105. The lowest BCUT2D eigenvalue weighted by atomic mass is 9.95. The van der Waals surface area contributed by atoms with Gasteiger partial charge in [-0.15, -0.1) is 0 Å². The number of carbonyl (C=O) groups is 1. The van der Waals surface area contributed by atoms with E-state index in [1.54, 1.807) is 48.6 Å². The van der Waals surface area contributed by atoms with Crippen molar-refractivity contribution in [3.63, 3.8) is 0 Å². The first kappa shape index (κ1) is 18.5. The SMILES string of the molecule is O=C1/C(=C/c2cc(Cl)cc(Cl)c2)CNC/C1=C\c1cc(Cl)cc(Cl)c1. The molecule has 2 aromatic carbocycles. The van der Waals surface area contributed by atoms with Crippen molar-refractivity contribution >= 4 is 64.3 Å². The number of halogens is 4. The molecule has 0 saturated carbocycles. The zero-order valence-corrected chi connectivity index (χ0v) is 16.0. The van der Waals surface area contributed by atoms with E-state index in [1.807, 2.05) is 0 Å². The number of carbonyl (C=O) groups excluding carboxylic acids is 1. The molecule has 25 heavy (non-hydrogen) atoms. The summed E-state index contributed by atoms with van der Waals surface area (Å²) in [6.07, 6.45) is 3.59. The first-order valence-electron chi connectivity index (χ1n) is 7.49. The molecule has 1 aliphatic rings. The molecule has 0 spiro atoms. The Morgan fingerprint density at radius 1 is 0.680 bits per heavy atom. The molecular formula is C19H13Cl4NO. The standard InChI is InChI=1S/C19H13Cl4NO/c20-15-3-11(4-16(21)7-15)1-13-9-24-10-14(19(13)25)2-12-5-17(22)8-18(23)6-12/h1-8,24H,9-10H2/b13-1+,14-2+. The van der Waals surface area contributed by atoms with Crippen molar-refractivity contribution in [2.24, 2.45) is 0 Å². The molecule has 0 atom stereocenters. The van der Waals surface area contributed by atoms with E-state index < -0.39 is 0 Å². The van der Waals surface area contributed by atoms with Crippen LogP contribution in [0.2, 0.25) is 20.1 Å². The number of hydrogen-bond donors (Lipinski definition) is 1. The lowest BCUT2D eigenvalue weighted by Crippen LogP contribution is -2.32. The number of Topliss-reactive ketones (excluding diaryl/α,β-unsaturated/α-hetero) is 1. The molecule has 128 valence electrons. The quantitative estimate of drug-likeness (QED) is 0.618. The van der Waals surface area contributed by atoms with Gasteiger partial charge in [-0.3, -0.25) is 4.79 Å². The van der Waals surface area contributed by atoms with Crippen molar-refractivity contribution in [2.75, 3.05) is 13.1 Å². The van der Waals surface area contributed by atoms with Crippen molar-refractivity contribution in [1.82, 2.24) is 5.32 Å². The van der Waals surface area contributed by atoms with Crippen molar-refractivity contribution in [3.05, 3.63) is 78.8 Å². The normalized spacial score (nSPS) is 18.2. The molecule has 0 aromatic heterocycles. The van der Waals surface area contributed by atoms with Crippen LogP contribution in [0, 0.1) is 0 Å². The third-order valence-corrected chi connectivity index (χ3v) is 4.54. The van der Waals surface area contributed by atoms with Crippen LogP contribution in [-0.2, 0) is 4.79 Å². The Morgan fingerprint density at radius 3 is 1.40 bits per heavy atom. The maximum absolute atomic E-state index is 12.8. The Labute approximate surface area is 166 Å². The van der Waals surface area contributed by atoms with Crippen LogP contribution in [0.3, 0.4) is 0 Å². The van der Waals surface area contributed by atoms with Crippen molar-refractivity contribution in [2.45, 2.75) is 0 Å². The van der Waals surface area contributed by atoms with E-state index >= 15 is 0 Å². The Morgan fingerprint density at radius 2 is 1.04 bits per heavy atom. The van der Waals surface area contributed by atoms with Gasteiger partial charge in [-0.25, -0.2) is 0 Å². The monoisotopic (exact) mass is 411 g/mol. The highest BCUT2D eigenvalue weighted by atomic mass is 35.5. The highest BCUT2D eigenvalue weighted by molar-refractivity contribution is 6.35. The molecule has 2 aromatic rings. The van der Waals surface area contributed by atoms with Crippen LogP contribution in [0.25, 0.3) is 12.2 Å². The molecule has 0 aliphatic carbocycles. The molecule has 1 aliphatic heterocycles. The van der Waals surface area contributed by atoms with Gasteiger partial charge in [-0.05, 0) is 59.7 Å². The number of benzene rings is 2. The summed E-state index contributed by atoms with van der Waals surface area (Å²) in [5.74, 6) is -0.0223. The fourth-order valence-corrected chi connectivity index (χ4v) is 3.74. The van der Waals surface area contributed by atoms with Gasteiger partial charge >= 0.3 is 0 Å². The van der Waals surface area contributed by atoms with Crippen LogP contribution in [0.1, 0.15) is 11.1 Å². The molecule has 0 amide bonds. The summed E-state index contributed by atoms with van der Waals surface area (Å²) in [6.45, 7) is 0.965. The number of piperidine rings is 1. The first-order valence-corrected chi connectivity index (χ1v) is 9.00. The molecule has 6 heteroatoms. The number of ketones is 1. The Balaban J connectivity index is 1.92. The van der Waals surface area contributed by atoms with Crippen LogP contribution < -0.4 is 5.32 Å². The predicted octanol–water partition coefficient (Wildman–Crippen LogP) is 5.94. The molecule has 0 bridgehead atoms. The zero-order chi connectivity index (χ0) is 18.0. The molecule has 1 N–H and O–H groups in total. The number of hydrogen-bond acceptors (Lipinski definition) is 2. The highest BCUT2D eigenvalue weighted by Gasteiger charge is 2.20. The van der Waals surface area contributed by atoms with Crippen LogP contribution in [-0.4, -0.2) is 18.9 Å². The molecule has 1 fully saturated rings. The summed E-state index contributed by atoms with van der Waals surface area (Å²) < 4.78 is 0. The topological polar surface area (TPSA) is 29.1 Å². The molecule has 0 unspecified atom stereocenters. The summed E-state index contributed by atoms with van der Waals surface area (Å²) in [4.78, 5) is 12.8. The van der Waals surface area contributed by atoms with Gasteiger partial charge in [0.2, 0.25) is 0 Å². The van der Waals surface area contributed by atoms with Gasteiger partial charge in [-0.1, -0.05) is 46.4 Å². The summed E-state index contributed by atoms with van der Waals surface area (Å²) in [5.41, 5.74) is 2.86. The zero-order valence-electron chi connectivity index (χ0n) is 13.0. The van der Waals surface area contributed by atoms with Gasteiger partial charge in [0.05, 0.1) is 0 Å². The molecule has 1 saturated heterocycles. The number of nitrogens with one attached hydrogen (secondary N) is 1. The van der Waals surface area contributed by atoms with Gasteiger partial charge in [0, 0.05) is 44.3 Å². The van der Waals surface area contributed by atoms with Crippen molar-refractivity contribution in [3.8, 4) is 0 Å². The second-order valence-electron chi connectivity index (χ2n) is 5.68. The van der Waals surface area contributed by atoms with Gasteiger partial charge in [0.1, 0.15) is 0 Å². The van der Waals surface area contributed by atoms with Gasteiger partial charge in [0.15, 0.2) is 5.78 Å². The molecule has 2 nitrogen and oxygen atoms in total. The van der Waals surface area contributed by atoms with Crippen LogP contribution >= 0.6 is 46.4 Å². The fourth-order valence-electron chi connectivity index (χ4n) is 2.65. The summed E-state index contributed by atoms with van der Waals surface area (Å²) >= 11 is 24.1. The summed E-state index contributed by atoms with van der Waals surface area (Å²) in [6, 6.07) is 10.4. The minimum Gasteiger partial charge on any atom is -0.308 e. The summed E-state index contributed by atoms with van der Waals surface area (Å²) in [5, 5.41) is 5.34. The van der Waals surface area contributed by atoms with Crippen LogP contribution in [0.4, 0.5) is 0 Å². The lowest BCUT2D eigenvalue weighted by Gasteiger charge is -2.18.